The van der Waals surface area contributed by atoms with Crippen LogP contribution in [-0.4, -0.2) is 19.6 Å². The molecule has 0 aliphatic carbocycles. The van der Waals surface area contributed by atoms with Crippen LogP contribution in [0.1, 0.15) is 46.6 Å². The van der Waals surface area contributed by atoms with E-state index in [1.807, 2.05) is 0 Å². The predicted molar refractivity (Wildman–Crippen MR) is 98.0 cm³/mol. The van der Waals surface area contributed by atoms with Gasteiger partial charge < -0.3 is 10.2 Å². The van der Waals surface area contributed by atoms with Gasteiger partial charge in [-0.15, -0.1) is 0 Å². The van der Waals surface area contributed by atoms with Crippen LogP contribution in [0.4, 0.5) is 5.69 Å². The maximum atomic E-state index is 3.73. The summed E-state index contributed by atoms with van der Waals surface area (Å²) in [5, 5.41) is 3.49. The first-order chi connectivity index (χ1) is 9.81. The third-order valence-electron chi connectivity index (χ3n) is 3.75. The molecule has 1 aromatic carbocycles. The Morgan fingerprint density at radius 3 is 2.29 bits per heavy atom. The van der Waals surface area contributed by atoms with Gasteiger partial charge in [-0.05, 0) is 65.4 Å². The molecule has 0 bridgehead atoms. The molecule has 0 aromatic heterocycles. The topological polar surface area (TPSA) is 15.3 Å². The van der Waals surface area contributed by atoms with E-state index in [0.29, 0.717) is 12.0 Å². The molecular formula is C18H31BrN2. The van der Waals surface area contributed by atoms with Crippen molar-refractivity contribution in [3.8, 4) is 0 Å². The normalized spacial score (nSPS) is 13.0. The van der Waals surface area contributed by atoms with Crippen molar-refractivity contribution in [2.24, 2.45) is 11.8 Å². The van der Waals surface area contributed by atoms with Gasteiger partial charge in [-0.3, -0.25) is 0 Å². The zero-order chi connectivity index (χ0) is 16.0. The number of hydrogen-bond donors (Lipinski definition) is 1. The molecule has 0 saturated carbocycles. The summed E-state index contributed by atoms with van der Waals surface area (Å²) in [6.45, 7) is 13.3. The zero-order valence-electron chi connectivity index (χ0n) is 14.4. The molecule has 0 aliphatic heterocycles. The van der Waals surface area contributed by atoms with Crippen LogP contribution in [0.25, 0.3) is 0 Å². The monoisotopic (exact) mass is 354 g/mol. The Bertz CT molecular complexity index is 429. The van der Waals surface area contributed by atoms with E-state index in [1.54, 1.807) is 0 Å². The minimum atomic E-state index is 0.547. The summed E-state index contributed by atoms with van der Waals surface area (Å²) in [4.78, 5) is 2.37. The number of anilines is 1. The third kappa shape index (κ3) is 6.39. The number of nitrogens with one attached hydrogen (secondary N) is 1. The second kappa shape index (κ2) is 8.79. The predicted octanol–water partition coefficient (Wildman–Crippen LogP) is 5.07. The second-order valence-electron chi connectivity index (χ2n) is 6.90. The molecule has 0 radical (unpaired) electrons. The highest BCUT2D eigenvalue weighted by Crippen LogP contribution is 2.29. The van der Waals surface area contributed by atoms with Gasteiger partial charge in [0, 0.05) is 24.1 Å². The Labute approximate surface area is 139 Å². The van der Waals surface area contributed by atoms with Crippen molar-refractivity contribution in [3.05, 3.63) is 28.2 Å². The van der Waals surface area contributed by atoms with Crippen molar-refractivity contribution in [1.82, 2.24) is 5.32 Å². The van der Waals surface area contributed by atoms with E-state index in [0.717, 1.165) is 19.0 Å². The Hall–Kier alpha value is -0.540. The first kappa shape index (κ1) is 18.5. The van der Waals surface area contributed by atoms with Crippen LogP contribution < -0.4 is 10.2 Å². The lowest BCUT2D eigenvalue weighted by Gasteiger charge is -2.29. The first-order valence-corrected chi connectivity index (χ1v) is 8.82. The van der Waals surface area contributed by atoms with Crippen molar-refractivity contribution in [2.45, 2.75) is 53.6 Å². The van der Waals surface area contributed by atoms with E-state index in [-0.39, 0.29) is 0 Å². The zero-order valence-corrected chi connectivity index (χ0v) is 16.0. The summed E-state index contributed by atoms with van der Waals surface area (Å²) in [6.07, 6.45) is 1.21. The van der Waals surface area contributed by atoms with E-state index in [9.17, 15) is 0 Å². The lowest BCUT2D eigenvalue weighted by molar-refractivity contribution is 0.504. The Morgan fingerprint density at radius 1 is 1.10 bits per heavy atom. The summed E-state index contributed by atoms with van der Waals surface area (Å²) in [5.41, 5.74) is 2.60. The highest BCUT2D eigenvalue weighted by Gasteiger charge is 2.14. The van der Waals surface area contributed by atoms with E-state index in [2.05, 4.69) is 86.0 Å². The number of hydrogen-bond acceptors (Lipinski definition) is 2. The molecule has 0 saturated heterocycles. The summed E-state index contributed by atoms with van der Waals surface area (Å²) in [7, 11) is 2.18. The van der Waals surface area contributed by atoms with Crippen molar-refractivity contribution in [3.63, 3.8) is 0 Å². The van der Waals surface area contributed by atoms with E-state index in [4.69, 9.17) is 0 Å². The summed E-state index contributed by atoms with van der Waals surface area (Å²) >= 11 is 3.73. The number of benzene rings is 1. The summed E-state index contributed by atoms with van der Waals surface area (Å²) in [6, 6.07) is 7.24. The van der Waals surface area contributed by atoms with Crippen molar-refractivity contribution < 1.29 is 0 Å². The van der Waals surface area contributed by atoms with E-state index >= 15 is 0 Å². The highest BCUT2D eigenvalue weighted by molar-refractivity contribution is 9.10. The van der Waals surface area contributed by atoms with Gasteiger partial charge in [0.15, 0.2) is 0 Å². The fraction of sp³-hybridized carbons (Fsp3) is 0.667. The molecule has 0 spiro atoms. The SMILES string of the molecule is CC(C)CNCc1ccc(N(C)C(C)CC(C)C)c(Br)c1. The van der Waals surface area contributed by atoms with Gasteiger partial charge in [0.2, 0.25) is 0 Å². The fourth-order valence-corrected chi connectivity index (χ4v) is 3.24. The molecule has 1 unspecified atom stereocenters. The standard InChI is InChI=1S/C18H31BrN2/c1-13(2)9-15(5)21(6)18-8-7-16(10-17(18)19)12-20-11-14(3)4/h7-8,10,13-15,20H,9,11-12H2,1-6H3. The van der Waals surface area contributed by atoms with Crippen molar-refractivity contribution >= 4 is 21.6 Å². The van der Waals surface area contributed by atoms with Crippen LogP contribution in [0, 0.1) is 11.8 Å². The van der Waals surface area contributed by atoms with Crippen molar-refractivity contribution in [1.29, 1.82) is 0 Å². The van der Waals surface area contributed by atoms with Gasteiger partial charge in [-0.25, -0.2) is 0 Å². The van der Waals surface area contributed by atoms with Gasteiger partial charge in [-0.1, -0.05) is 33.8 Å². The smallest absolute Gasteiger partial charge is 0.0510 e. The number of nitrogens with zero attached hydrogens (tertiary/aromatic N) is 1. The average molecular weight is 355 g/mol. The average Bonchev–Trinajstić information content (AvgIpc) is 2.37. The van der Waals surface area contributed by atoms with Gasteiger partial charge >= 0.3 is 0 Å². The van der Waals surface area contributed by atoms with Gasteiger partial charge in [0.05, 0.1) is 5.69 Å². The Morgan fingerprint density at radius 2 is 1.76 bits per heavy atom. The molecule has 1 aromatic rings. The quantitative estimate of drug-likeness (QED) is 0.701. The maximum Gasteiger partial charge on any atom is 0.0510 e. The van der Waals surface area contributed by atoms with Crippen LogP contribution in [0.15, 0.2) is 22.7 Å². The summed E-state index contributed by atoms with van der Waals surface area (Å²) < 4.78 is 1.18. The van der Waals surface area contributed by atoms with E-state index < -0.39 is 0 Å². The van der Waals surface area contributed by atoms with Gasteiger partial charge in [0.25, 0.3) is 0 Å². The molecule has 0 aliphatic rings. The molecule has 120 valence electrons. The minimum absolute atomic E-state index is 0.547. The van der Waals surface area contributed by atoms with Gasteiger partial charge in [-0.2, -0.15) is 0 Å². The van der Waals surface area contributed by atoms with E-state index in [1.165, 1.54) is 22.1 Å². The Balaban J connectivity index is 2.68. The maximum absolute atomic E-state index is 3.73. The molecule has 1 N–H and O–H groups in total. The van der Waals surface area contributed by atoms with Crippen LogP contribution in [-0.2, 0) is 6.54 Å². The number of halogens is 1. The van der Waals surface area contributed by atoms with Crippen molar-refractivity contribution in [2.75, 3.05) is 18.5 Å². The largest absolute Gasteiger partial charge is 0.371 e. The molecule has 0 fully saturated rings. The molecule has 3 heteroatoms. The molecule has 1 rings (SSSR count). The second-order valence-corrected chi connectivity index (χ2v) is 7.75. The lowest BCUT2D eigenvalue weighted by Crippen LogP contribution is -2.30. The molecule has 2 nitrogen and oxygen atoms in total. The van der Waals surface area contributed by atoms with Crippen LogP contribution in [0.5, 0.6) is 0 Å². The number of rotatable bonds is 8. The molecule has 1 atom stereocenters. The first-order valence-electron chi connectivity index (χ1n) is 8.03. The lowest BCUT2D eigenvalue weighted by atomic mass is 10.0. The van der Waals surface area contributed by atoms with Crippen LogP contribution in [0.2, 0.25) is 0 Å². The van der Waals surface area contributed by atoms with Crippen LogP contribution >= 0.6 is 15.9 Å². The molecule has 21 heavy (non-hydrogen) atoms. The molecule has 0 heterocycles. The molecular weight excluding hydrogens is 324 g/mol. The Kier molecular flexibility index (Phi) is 7.75. The van der Waals surface area contributed by atoms with Crippen LogP contribution in [0.3, 0.4) is 0 Å². The minimum Gasteiger partial charge on any atom is -0.371 e. The summed E-state index contributed by atoms with van der Waals surface area (Å²) in [5.74, 6) is 1.41. The molecule has 0 amide bonds. The fourth-order valence-electron chi connectivity index (χ4n) is 2.53. The highest BCUT2D eigenvalue weighted by atomic mass is 79.9. The van der Waals surface area contributed by atoms with Gasteiger partial charge in [0.1, 0.15) is 0 Å². The third-order valence-corrected chi connectivity index (χ3v) is 4.38.